The van der Waals surface area contributed by atoms with Crippen LogP contribution in [0.4, 0.5) is 0 Å². The van der Waals surface area contributed by atoms with Crippen molar-refractivity contribution in [1.29, 1.82) is 0 Å². The number of benzene rings is 1. The number of nitrogens with zero attached hydrogens (tertiary/aromatic N) is 1. The van der Waals surface area contributed by atoms with Crippen LogP contribution < -0.4 is 0 Å². The molecule has 0 atom stereocenters. The van der Waals surface area contributed by atoms with Crippen LogP contribution in [-0.4, -0.2) is 35.5 Å². The summed E-state index contributed by atoms with van der Waals surface area (Å²) in [4.78, 5) is 23.9. The van der Waals surface area contributed by atoms with Gasteiger partial charge in [-0.15, -0.1) is 0 Å². The summed E-state index contributed by atoms with van der Waals surface area (Å²) in [6.45, 7) is 0.133. The van der Waals surface area contributed by atoms with Gasteiger partial charge in [-0.05, 0) is 34.7 Å². The molecule has 0 aliphatic carbocycles. The third-order valence-corrected chi connectivity index (χ3v) is 4.23. The lowest BCUT2D eigenvalue weighted by atomic mass is 10.2. The van der Waals surface area contributed by atoms with Crippen LogP contribution in [-0.2, 0) is 4.79 Å². The van der Waals surface area contributed by atoms with Crippen LogP contribution >= 0.6 is 45.8 Å². The Kier molecular flexibility index (Phi) is 5.68. The predicted octanol–water partition coefficient (Wildman–Crippen LogP) is 3.14. The number of carbonyl (C=O) groups is 2. The molecule has 98 valence electrons. The topological polar surface area (TPSA) is 57.6 Å². The van der Waals surface area contributed by atoms with Crippen molar-refractivity contribution < 1.29 is 14.7 Å². The van der Waals surface area contributed by atoms with E-state index in [0.29, 0.717) is 19.2 Å². The highest BCUT2D eigenvalue weighted by molar-refractivity contribution is 14.1. The van der Waals surface area contributed by atoms with Gasteiger partial charge in [-0.3, -0.25) is 9.59 Å². The van der Waals surface area contributed by atoms with E-state index in [4.69, 9.17) is 28.3 Å². The summed E-state index contributed by atoms with van der Waals surface area (Å²) in [5.41, 5.74) is 0.376. The lowest BCUT2D eigenvalue weighted by Crippen LogP contribution is -2.29. The Labute approximate surface area is 128 Å². The second-order valence-electron chi connectivity index (χ2n) is 3.62. The highest BCUT2D eigenvalue weighted by Gasteiger charge is 2.18. The third kappa shape index (κ3) is 4.00. The number of hydrogen-bond acceptors (Lipinski definition) is 2. The lowest BCUT2D eigenvalue weighted by Gasteiger charge is -2.17. The molecule has 0 aromatic heterocycles. The number of hydrogen-bond donors (Lipinski definition) is 1. The molecule has 7 heteroatoms. The van der Waals surface area contributed by atoms with Crippen LogP contribution in [0.15, 0.2) is 12.1 Å². The molecular formula is C11H10Cl2INO3. The van der Waals surface area contributed by atoms with Gasteiger partial charge in [0, 0.05) is 22.2 Å². The van der Waals surface area contributed by atoms with Gasteiger partial charge in [0.05, 0.1) is 17.0 Å². The fraction of sp³-hybridized carbons (Fsp3) is 0.273. The summed E-state index contributed by atoms with van der Waals surface area (Å²) < 4.78 is 0.603. The summed E-state index contributed by atoms with van der Waals surface area (Å²) in [6.07, 6.45) is -0.104. The van der Waals surface area contributed by atoms with Crippen LogP contribution in [0.1, 0.15) is 16.8 Å². The van der Waals surface area contributed by atoms with E-state index in [1.807, 2.05) is 22.6 Å². The van der Waals surface area contributed by atoms with Crippen molar-refractivity contribution in [3.63, 3.8) is 0 Å². The smallest absolute Gasteiger partial charge is 0.305 e. The van der Waals surface area contributed by atoms with E-state index in [1.54, 1.807) is 6.07 Å². The standard InChI is InChI=1S/C11H10Cl2INO3/c1-15(3-2-9(16)17)11(18)7-4-6(12)5-8(13)10(7)14/h4-5H,2-3H2,1H3,(H,16,17). The molecule has 0 heterocycles. The number of rotatable bonds is 4. The molecule has 1 aromatic rings. The van der Waals surface area contributed by atoms with Crippen molar-refractivity contribution in [3.05, 3.63) is 31.3 Å². The van der Waals surface area contributed by atoms with E-state index in [2.05, 4.69) is 0 Å². The zero-order valence-electron chi connectivity index (χ0n) is 9.41. The Bertz CT molecular complexity index is 493. The van der Waals surface area contributed by atoms with E-state index >= 15 is 0 Å². The van der Waals surface area contributed by atoms with Crippen molar-refractivity contribution in [2.24, 2.45) is 0 Å². The number of amides is 1. The van der Waals surface area contributed by atoms with Crippen LogP contribution in [0.5, 0.6) is 0 Å². The summed E-state index contributed by atoms with van der Waals surface area (Å²) >= 11 is 13.7. The van der Waals surface area contributed by atoms with E-state index in [9.17, 15) is 9.59 Å². The zero-order chi connectivity index (χ0) is 13.9. The quantitative estimate of drug-likeness (QED) is 0.622. The van der Waals surface area contributed by atoms with Gasteiger partial charge >= 0.3 is 5.97 Å². The van der Waals surface area contributed by atoms with Gasteiger partial charge < -0.3 is 10.0 Å². The van der Waals surface area contributed by atoms with Crippen molar-refractivity contribution in [1.82, 2.24) is 4.90 Å². The summed E-state index contributed by atoms with van der Waals surface area (Å²) in [6, 6.07) is 3.08. The van der Waals surface area contributed by atoms with E-state index in [-0.39, 0.29) is 18.9 Å². The third-order valence-electron chi connectivity index (χ3n) is 2.23. The molecule has 0 saturated heterocycles. The minimum absolute atomic E-state index is 0.104. The zero-order valence-corrected chi connectivity index (χ0v) is 13.1. The molecular weight excluding hydrogens is 392 g/mol. The van der Waals surface area contributed by atoms with Crippen LogP contribution in [0.25, 0.3) is 0 Å². The molecule has 1 aromatic carbocycles. The molecule has 1 amide bonds. The van der Waals surface area contributed by atoms with E-state index < -0.39 is 5.97 Å². The SMILES string of the molecule is CN(CCC(=O)O)C(=O)c1cc(Cl)cc(Cl)c1I. The first-order valence-corrected chi connectivity index (χ1v) is 6.78. The van der Waals surface area contributed by atoms with Gasteiger partial charge in [-0.25, -0.2) is 0 Å². The molecule has 1 rings (SSSR count). The van der Waals surface area contributed by atoms with Crippen molar-refractivity contribution in [2.45, 2.75) is 6.42 Å². The fourth-order valence-electron chi connectivity index (χ4n) is 1.28. The van der Waals surface area contributed by atoms with Gasteiger partial charge in [-0.2, -0.15) is 0 Å². The van der Waals surface area contributed by atoms with Gasteiger partial charge in [0.25, 0.3) is 5.91 Å². The first-order valence-electron chi connectivity index (χ1n) is 4.94. The van der Waals surface area contributed by atoms with E-state index in [0.717, 1.165) is 0 Å². The average Bonchev–Trinajstić information content (AvgIpc) is 2.29. The molecule has 0 fully saturated rings. The Hall–Kier alpha value is -0.530. The van der Waals surface area contributed by atoms with Gasteiger partial charge in [0.2, 0.25) is 0 Å². The number of carboxylic acid groups (broad SMARTS) is 1. The van der Waals surface area contributed by atoms with Gasteiger partial charge in [0.15, 0.2) is 0 Å². The Balaban J connectivity index is 2.93. The van der Waals surface area contributed by atoms with Crippen LogP contribution in [0.2, 0.25) is 10.0 Å². The Morgan fingerprint density at radius 2 is 2.00 bits per heavy atom. The number of halogens is 3. The van der Waals surface area contributed by atoms with E-state index in [1.165, 1.54) is 18.0 Å². The van der Waals surface area contributed by atoms with Gasteiger partial charge in [0.1, 0.15) is 0 Å². The first-order chi connectivity index (χ1) is 8.32. The first kappa shape index (κ1) is 15.5. The maximum absolute atomic E-state index is 12.1. The minimum Gasteiger partial charge on any atom is -0.481 e. The molecule has 4 nitrogen and oxygen atoms in total. The lowest BCUT2D eigenvalue weighted by molar-refractivity contribution is -0.137. The van der Waals surface area contributed by atoms with Crippen molar-refractivity contribution in [3.8, 4) is 0 Å². The molecule has 0 aliphatic rings. The molecule has 1 N–H and O–H groups in total. The monoisotopic (exact) mass is 401 g/mol. The normalized spacial score (nSPS) is 10.2. The number of carboxylic acids is 1. The van der Waals surface area contributed by atoms with Crippen molar-refractivity contribution in [2.75, 3.05) is 13.6 Å². The second-order valence-corrected chi connectivity index (χ2v) is 5.54. The number of aliphatic carboxylic acids is 1. The second kappa shape index (κ2) is 6.58. The Morgan fingerprint density at radius 3 is 2.56 bits per heavy atom. The number of carbonyl (C=O) groups excluding carboxylic acids is 1. The molecule has 0 radical (unpaired) electrons. The van der Waals surface area contributed by atoms with Crippen molar-refractivity contribution >= 4 is 57.7 Å². The molecule has 0 saturated carbocycles. The highest BCUT2D eigenvalue weighted by Crippen LogP contribution is 2.27. The van der Waals surface area contributed by atoms with Crippen LogP contribution in [0, 0.1) is 3.57 Å². The average molecular weight is 402 g/mol. The molecule has 0 bridgehead atoms. The molecule has 0 unspecified atom stereocenters. The Morgan fingerprint density at radius 1 is 1.39 bits per heavy atom. The maximum atomic E-state index is 12.1. The molecule has 0 spiro atoms. The summed E-state index contributed by atoms with van der Waals surface area (Å²) in [5.74, 6) is -1.25. The highest BCUT2D eigenvalue weighted by atomic mass is 127. The summed E-state index contributed by atoms with van der Waals surface area (Å²) in [5, 5.41) is 9.35. The fourth-order valence-corrected chi connectivity index (χ4v) is 2.32. The molecule has 0 aliphatic heterocycles. The predicted molar refractivity (Wildman–Crippen MR) is 78.4 cm³/mol. The van der Waals surface area contributed by atoms with Gasteiger partial charge in [-0.1, -0.05) is 23.2 Å². The molecule has 18 heavy (non-hydrogen) atoms. The largest absolute Gasteiger partial charge is 0.481 e. The summed E-state index contributed by atoms with van der Waals surface area (Å²) in [7, 11) is 1.54. The minimum atomic E-state index is -0.950. The maximum Gasteiger partial charge on any atom is 0.305 e. The van der Waals surface area contributed by atoms with Crippen LogP contribution in [0.3, 0.4) is 0 Å².